The lowest BCUT2D eigenvalue weighted by molar-refractivity contribution is -0.383. The molecule has 33 heavy (non-hydrogen) atoms. The number of aromatic carboxylic acids is 1. The number of ether oxygens (including phenoxy) is 1. The number of carbonyl (C=O) groups is 1. The summed E-state index contributed by atoms with van der Waals surface area (Å²) in [6, 6.07) is 26.2. The van der Waals surface area contributed by atoms with Crippen molar-refractivity contribution in [3.8, 4) is 22.6 Å². The normalized spacial score (nSPS) is 10.5. The zero-order valence-corrected chi connectivity index (χ0v) is 17.7. The van der Waals surface area contributed by atoms with Crippen molar-refractivity contribution in [1.82, 2.24) is 0 Å². The average Bonchev–Trinajstić information content (AvgIpc) is 2.81. The number of nitro benzene ring substituents is 1. The van der Waals surface area contributed by atoms with Crippen LogP contribution in [0.1, 0.15) is 15.9 Å². The predicted octanol–water partition coefficient (Wildman–Crippen LogP) is 6.80. The zero-order chi connectivity index (χ0) is 23.4. The van der Waals surface area contributed by atoms with E-state index >= 15 is 0 Å². The Hall–Kier alpha value is -4.65. The Morgan fingerprint density at radius 2 is 1.67 bits per heavy atom. The number of carboxylic acids is 1. The van der Waals surface area contributed by atoms with Crippen LogP contribution in [0.4, 0.5) is 17.1 Å². The molecule has 0 bridgehead atoms. The summed E-state index contributed by atoms with van der Waals surface area (Å²) in [6.07, 6.45) is 0. The molecule has 0 radical (unpaired) electrons. The molecule has 0 saturated carbocycles. The van der Waals surface area contributed by atoms with Crippen LogP contribution in [-0.4, -0.2) is 16.0 Å². The lowest BCUT2D eigenvalue weighted by Gasteiger charge is -2.14. The molecule has 7 heteroatoms. The highest BCUT2D eigenvalue weighted by Crippen LogP contribution is 2.33. The van der Waals surface area contributed by atoms with E-state index in [4.69, 9.17) is 4.74 Å². The topological polar surface area (TPSA) is 102 Å². The first-order chi connectivity index (χ1) is 15.9. The molecule has 0 saturated heterocycles. The molecule has 7 nitrogen and oxygen atoms in total. The zero-order valence-electron chi connectivity index (χ0n) is 17.7. The van der Waals surface area contributed by atoms with Gasteiger partial charge < -0.3 is 15.2 Å². The van der Waals surface area contributed by atoms with E-state index in [-0.39, 0.29) is 22.7 Å². The van der Waals surface area contributed by atoms with Gasteiger partial charge in [0.25, 0.3) is 5.69 Å². The van der Waals surface area contributed by atoms with Crippen molar-refractivity contribution < 1.29 is 19.6 Å². The third kappa shape index (κ3) is 4.83. The van der Waals surface area contributed by atoms with Gasteiger partial charge in [-0.3, -0.25) is 10.1 Å². The van der Waals surface area contributed by atoms with Gasteiger partial charge in [-0.05, 0) is 60.0 Å². The number of nitro groups is 1. The first-order valence-corrected chi connectivity index (χ1v) is 10.1. The fourth-order valence-electron chi connectivity index (χ4n) is 3.53. The number of aryl methyl sites for hydroxylation is 1. The molecule has 0 aromatic heterocycles. The van der Waals surface area contributed by atoms with Gasteiger partial charge in [0, 0.05) is 11.8 Å². The molecule has 2 N–H and O–H groups in total. The molecule has 0 spiro atoms. The van der Waals surface area contributed by atoms with E-state index in [1.807, 2.05) is 49.4 Å². The molecule has 0 amide bonds. The van der Waals surface area contributed by atoms with Crippen molar-refractivity contribution in [2.45, 2.75) is 6.92 Å². The smallest absolute Gasteiger partial charge is 0.339 e. The Bertz CT molecular complexity index is 1340. The highest BCUT2D eigenvalue weighted by atomic mass is 16.6. The summed E-state index contributed by atoms with van der Waals surface area (Å²) in [4.78, 5) is 22.6. The SMILES string of the molecule is Cc1cc(Oc2ccc(Nc3ccccc3[N+](=O)[O-])cc2C(=O)O)ccc1-c1ccccc1. The van der Waals surface area contributed by atoms with E-state index in [1.54, 1.807) is 30.3 Å². The van der Waals surface area contributed by atoms with Gasteiger partial charge in [-0.25, -0.2) is 4.79 Å². The van der Waals surface area contributed by atoms with Gasteiger partial charge in [0.1, 0.15) is 22.7 Å². The first-order valence-electron chi connectivity index (χ1n) is 10.1. The largest absolute Gasteiger partial charge is 0.478 e. The van der Waals surface area contributed by atoms with Crippen LogP contribution in [0, 0.1) is 17.0 Å². The Kier molecular flexibility index (Phi) is 6.04. The number of benzene rings is 4. The van der Waals surface area contributed by atoms with Crippen LogP contribution in [-0.2, 0) is 0 Å². The number of rotatable bonds is 7. The number of hydrogen-bond donors (Lipinski definition) is 2. The molecule has 0 aliphatic heterocycles. The third-order valence-electron chi connectivity index (χ3n) is 5.10. The van der Waals surface area contributed by atoms with Crippen LogP contribution >= 0.6 is 0 Å². The lowest BCUT2D eigenvalue weighted by Crippen LogP contribution is -2.03. The van der Waals surface area contributed by atoms with E-state index in [0.29, 0.717) is 11.4 Å². The van der Waals surface area contributed by atoms with E-state index < -0.39 is 10.9 Å². The summed E-state index contributed by atoms with van der Waals surface area (Å²) < 4.78 is 5.89. The summed E-state index contributed by atoms with van der Waals surface area (Å²) in [6.45, 7) is 1.97. The van der Waals surface area contributed by atoms with Crippen molar-refractivity contribution in [3.05, 3.63) is 112 Å². The van der Waals surface area contributed by atoms with E-state index in [0.717, 1.165) is 16.7 Å². The van der Waals surface area contributed by atoms with Crippen LogP contribution in [0.2, 0.25) is 0 Å². The maximum atomic E-state index is 11.9. The van der Waals surface area contributed by atoms with Gasteiger partial charge in [-0.15, -0.1) is 0 Å². The van der Waals surface area contributed by atoms with Crippen LogP contribution in [0.3, 0.4) is 0 Å². The van der Waals surface area contributed by atoms with E-state index in [9.17, 15) is 20.0 Å². The molecule has 0 fully saturated rings. The van der Waals surface area contributed by atoms with E-state index in [1.165, 1.54) is 18.2 Å². The average molecular weight is 440 g/mol. The van der Waals surface area contributed by atoms with Crippen molar-refractivity contribution in [1.29, 1.82) is 0 Å². The summed E-state index contributed by atoms with van der Waals surface area (Å²) in [7, 11) is 0. The maximum Gasteiger partial charge on any atom is 0.339 e. The number of carboxylic acid groups (broad SMARTS) is 1. The minimum atomic E-state index is -1.17. The molecular formula is C26H20N2O5. The minimum absolute atomic E-state index is 0.0663. The van der Waals surface area contributed by atoms with Crippen LogP contribution < -0.4 is 10.1 Å². The Balaban J connectivity index is 1.61. The molecule has 164 valence electrons. The van der Waals surface area contributed by atoms with Gasteiger partial charge in [0.2, 0.25) is 0 Å². The van der Waals surface area contributed by atoms with Crippen molar-refractivity contribution in [2.75, 3.05) is 5.32 Å². The van der Waals surface area contributed by atoms with Gasteiger partial charge in [-0.2, -0.15) is 0 Å². The molecule has 0 heterocycles. The second-order valence-electron chi connectivity index (χ2n) is 7.36. The van der Waals surface area contributed by atoms with Gasteiger partial charge in [0.05, 0.1) is 4.92 Å². The molecular weight excluding hydrogens is 420 g/mol. The predicted molar refractivity (Wildman–Crippen MR) is 126 cm³/mol. The summed E-state index contributed by atoms with van der Waals surface area (Å²) >= 11 is 0. The van der Waals surface area contributed by atoms with Crippen molar-refractivity contribution in [2.24, 2.45) is 0 Å². The van der Waals surface area contributed by atoms with Crippen LogP contribution in [0.15, 0.2) is 91.0 Å². The molecule has 4 aromatic carbocycles. The molecule has 4 aromatic rings. The number of nitrogens with one attached hydrogen (secondary N) is 1. The fraction of sp³-hybridized carbons (Fsp3) is 0.0385. The Morgan fingerprint density at radius 3 is 2.36 bits per heavy atom. The quantitative estimate of drug-likeness (QED) is 0.242. The second-order valence-corrected chi connectivity index (χ2v) is 7.36. The summed E-state index contributed by atoms with van der Waals surface area (Å²) in [5, 5.41) is 23.9. The van der Waals surface area contributed by atoms with Gasteiger partial charge in [0.15, 0.2) is 0 Å². The van der Waals surface area contributed by atoms with Crippen molar-refractivity contribution in [3.63, 3.8) is 0 Å². The fourth-order valence-corrected chi connectivity index (χ4v) is 3.53. The maximum absolute atomic E-state index is 11.9. The molecule has 0 atom stereocenters. The molecule has 4 rings (SSSR count). The highest BCUT2D eigenvalue weighted by molar-refractivity contribution is 5.92. The molecule has 0 aliphatic carbocycles. The summed E-state index contributed by atoms with van der Waals surface area (Å²) in [5.41, 5.74) is 3.62. The number of para-hydroxylation sites is 2. The van der Waals surface area contributed by atoms with Gasteiger partial charge in [-0.1, -0.05) is 48.5 Å². The monoisotopic (exact) mass is 440 g/mol. The Labute approximate surface area is 190 Å². The molecule has 0 unspecified atom stereocenters. The van der Waals surface area contributed by atoms with Crippen LogP contribution in [0.5, 0.6) is 11.5 Å². The second kappa shape index (κ2) is 9.23. The van der Waals surface area contributed by atoms with Crippen LogP contribution in [0.25, 0.3) is 11.1 Å². The highest BCUT2D eigenvalue weighted by Gasteiger charge is 2.17. The Morgan fingerprint density at radius 1 is 0.939 bits per heavy atom. The van der Waals surface area contributed by atoms with E-state index in [2.05, 4.69) is 5.32 Å². The first kappa shape index (κ1) is 21.6. The number of hydrogen-bond acceptors (Lipinski definition) is 5. The summed E-state index contributed by atoms with van der Waals surface area (Å²) in [5.74, 6) is -0.495. The third-order valence-corrected chi connectivity index (χ3v) is 5.10. The van der Waals surface area contributed by atoms with Crippen molar-refractivity contribution >= 4 is 23.0 Å². The molecule has 0 aliphatic rings. The lowest BCUT2D eigenvalue weighted by atomic mass is 10.0. The minimum Gasteiger partial charge on any atom is -0.478 e. The van der Waals surface area contributed by atoms with Gasteiger partial charge >= 0.3 is 5.97 Å². The number of anilines is 2. The number of nitrogens with zero attached hydrogens (tertiary/aromatic N) is 1. The standard InChI is InChI=1S/C26H20N2O5/c1-17-15-20(12-13-21(17)18-7-3-2-4-8-18)33-25-14-11-19(16-22(25)26(29)30)27-23-9-5-6-10-24(23)28(31)32/h2-16,27H,1H3,(H,29,30).